The molecule has 0 aromatic heterocycles. The predicted molar refractivity (Wildman–Crippen MR) is 79.4 cm³/mol. The first-order chi connectivity index (χ1) is 9.36. The molecular formula is C17H19NO. The van der Waals surface area contributed by atoms with E-state index in [1.165, 1.54) is 5.56 Å². The normalized spacial score (nSPS) is 11.3. The van der Waals surface area contributed by atoms with Gasteiger partial charge in [0.2, 0.25) is 0 Å². The van der Waals surface area contributed by atoms with Gasteiger partial charge in [0.05, 0.1) is 5.71 Å². The number of hydrogen-bond donors (Lipinski definition) is 0. The first-order valence-corrected chi connectivity index (χ1v) is 6.62. The van der Waals surface area contributed by atoms with Gasteiger partial charge in [-0.15, -0.1) is 0 Å². The van der Waals surface area contributed by atoms with E-state index in [0.717, 1.165) is 24.1 Å². The van der Waals surface area contributed by atoms with Crippen LogP contribution in [-0.2, 0) is 11.3 Å². The van der Waals surface area contributed by atoms with Crippen molar-refractivity contribution in [3.63, 3.8) is 0 Å². The van der Waals surface area contributed by atoms with E-state index in [0.29, 0.717) is 6.61 Å². The molecule has 2 aromatic rings. The van der Waals surface area contributed by atoms with E-state index in [9.17, 15) is 0 Å². The molecule has 0 amide bonds. The molecule has 0 bridgehead atoms. The van der Waals surface area contributed by atoms with Gasteiger partial charge in [-0.05, 0) is 30.9 Å². The average molecular weight is 253 g/mol. The van der Waals surface area contributed by atoms with Crippen molar-refractivity contribution in [3.05, 3.63) is 71.8 Å². The van der Waals surface area contributed by atoms with Crippen LogP contribution in [0.2, 0.25) is 0 Å². The molecule has 19 heavy (non-hydrogen) atoms. The zero-order chi connectivity index (χ0) is 13.3. The molecule has 0 heterocycles. The molecule has 2 rings (SSSR count). The molecule has 0 unspecified atom stereocenters. The Morgan fingerprint density at radius 1 is 0.947 bits per heavy atom. The lowest BCUT2D eigenvalue weighted by molar-refractivity contribution is 0.142. The monoisotopic (exact) mass is 253 g/mol. The molecule has 0 atom stereocenters. The Labute approximate surface area is 114 Å². The lowest BCUT2D eigenvalue weighted by Gasteiger charge is -2.03. The number of hydrogen-bond acceptors (Lipinski definition) is 2. The van der Waals surface area contributed by atoms with Gasteiger partial charge in [-0.2, -0.15) is 0 Å². The topological polar surface area (TPSA) is 21.6 Å². The summed E-state index contributed by atoms with van der Waals surface area (Å²) in [5, 5.41) is 4.14. The second-order valence-electron chi connectivity index (χ2n) is 4.47. The third kappa shape index (κ3) is 4.59. The van der Waals surface area contributed by atoms with Crippen molar-refractivity contribution < 1.29 is 4.84 Å². The van der Waals surface area contributed by atoms with Crippen molar-refractivity contribution in [2.75, 3.05) is 6.61 Å². The van der Waals surface area contributed by atoms with Crippen LogP contribution in [0.15, 0.2) is 65.8 Å². The van der Waals surface area contributed by atoms with Gasteiger partial charge in [0.1, 0.15) is 6.61 Å². The van der Waals surface area contributed by atoms with E-state index in [1.54, 1.807) is 0 Å². The smallest absolute Gasteiger partial charge is 0.117 e. The van der Waals surface area contributed by atoms with E-state index in [2.05, 4.69) is 29.4 Å². The van der Waals surface area contributed by atoms with Gasteiger partial charge in [-0.3, -0.25) is 0 Å². The van der Waals surface area contributed by atoms with E-state index in [-0.39, 0.29) is 0 Å². The molecule has 0 aliphatic heterocycles. The van der Waals surface area contributed by atoms with Crippen molar-refractivity contribution in [2.45, 2.75) is 19.8 Å². The van der Waals surface area contributed by atoms with E-state index in [4.69, 9.17) is 4.84 Å². The van der Waals surface area contributed by atoms with Gasteiger partial charge < -0.3 is 4.84 Å². The standard InChI is InChI=1S/C17H19NO/c1-15(17-12-6-3-7-13-17)18-19-14-8-11-16-9-4-2-5-10-16/h2-7,9-10,12-13H,8,11,14H2,1H3/b18-15+. The highest BCUT2D eigenvalue weighted by molar-refractivity contribution is 5.98. The van der Waals surface area contributed by atoms with Gasteiger partial charge in [0.15, 0.2) is 0 Å². The van der Waals surface area contributed by atoms with Crippen molar-refractivity contribution in [3.8, 4) is 0 Å². The Bertz CT molecular complexity index is 505. The molecule has 0 saturated heterocycles. The Morgan fingerprint density at radius 3 is 2.26 bits per heavy atom. The molecule has 0 saturated carbocycles. The SMILES string of the molecule is C/C(=N\OCCCc1ccccc1)c1ccccc1. The fourth-order valence-electron chi connectivity index (χ4n) is 1.86. The summed E-state index contributed by atoms with van der Waals surface area (Å²) in [5.74, 6) is 0. The second kappa shape index (κ2) is 7.37. The summed E-state index contributed by atoms with van der Waals surface area (Å²) in [6.45, 7) is 2.62. The second-order valence-corrected chi connectivity index (χ2v) is 4.47. The van der Waals surface area contributed by atoms with Crippen LogP contribution >= 0.6 is 0 Å². The Kier molecular flexibility index (Phi) is 5.17. The van der Waals surface area contributed by atoms with Gasteiger partial charge in [-0.25, -0.2) is 0 Å². The molecular weight excluding hydrogens is 234 g/mol. The molecule has 0 aliphatic rings. The molecule has 2 heteroatoms. The summed E-state index contributed by atoms with van der Waals surface area (Å²) < 4.78 is 0. The molecule has 0 radical (unpaired) electrons. The van der Waals surface area contributed by atoms with Crippen LogP contribution < -0.4 is 0 Å². The number of rotatable bonds is 6. The molecule has 2 aromatic carbocycles. The molecule has 98 valence electrons. The van der Waals surface area contributed by atoms with Gasteiger partial charge >= 0.3 is 0 Å². The summed E-state index contributed by atoms with van der Waals surface area (Å²) in [6.07, 6.45) is 2.01. The van der Waals surface area contributed by atoms with Crippen LogP contribution in [0.1, 0.15) is 24.5 Å². The van der Waals surface area contributed by atoms with Crippen molar-refractivity contribution >= 4 is 5.71 Å². The summed E-state index contributed by atoms with van der Waals surface area (Å²) in [5.41, 5.74) is 3.36. The lowest BCUT2D eigenvalue weighted by Crippen LogP contribution is -1.98. The maximum Gasteiger partial charge on any atom is 0.117 e. The first kappa shape index (κ1) is 13.3. The summed E-state index contributed by atoms with van der Waals surface area (Å²) in [4.78, 5) is 5.36. The predicted octanol–water partition coefficient (Wildman–Crippen LogP) is 4.06. The largest absolute Gasteiger partial charge is 0.396 e. The van der Waals surface area contributed by atoms with Crippen LogP contribution in [-0.4, -0.2) is 12.3 Å². The minimum Gasteiger partial charge on any atom is -0.396 e. The van der Waals surface area contributed by atoms with Crippen LogP contribution in [0.3, 0.4) is 0 Å². The van der Waals surface area contributed by atoms with E-state index >= 15 is 0 Å². The van der Waals surface area contributed by atoms with Crippen LogP contribution in [0.25, 0.3) is 0 Å². The molecule has 2 nitrogen and oxygen atoms in total. The minimum atomic E-state index is 0.652. The average Bonchev–Trinajstić information content (AvgIpc) is 2.49. The summed E-state index contributed by atoms with van der Waals surface area (Å²) >= 11 is 0. The van der Waals surface area contributed by atoms with Gasteiger partial charge in [0.25, 0.3) is 0 Å². The summed E-state index contributed by atoms with van der Waals surface area (Å²) in [6, 6.07) is 20.5. The fourth-order valence-corrected chi connectivity index (χ4v) is 1.86. The molecule has 0 spiro atoms. The maximum atomic E-state index is 5.36. The Balaban J connectivity index is 1.72. The Morgan fingerprint density at radius 2 is 1.58 bits per heavy atom. The number of oxime groups is 1. The molecule has 0 fully saturated rings. The minimum absolute atomic E-state index is 0.652. The van der Waals surface area contributed by atoms with Crippen molar-refractivity contribution in [2.24, 2.45) is 5.16 Å². The van der Waals surface area contributed by atoms with Crippen molar-refractivity contribution in [1.82, 2.24) is 0 Å². The Hall–Kier alpha value is -2.09. The highest BCUT2D eigenvalue weighted by atomic mass is 16.6. The van der Waals surface area contributed by atoms with Gasteiger partial charge in [-0.1, -0.05) is 65.8 Å². The zero-order valence-electron chi connectivity index (χ0n) is 11.3. The molecule has 0 aliphatic carbocycles. The van der Waals surface area contributed by atoms with Crippen molar-refractivity contribution in [1.29, 1.82) is 0 Å². The lowest BCUT2D eigenvalue weighted by atomic mass is 10.1. The highest BCUT2D eigenvalue weighted by Crippen LogP contribution is 2.04. The van der Waals surface area contributed by atoms with E-state index < -0.39 is 0 Å². The summed E-state index contributed by atoms with van der Waals surface area (Å²) in [7, 11) is 0. The highest BCUT2D eigenvalue weighted by Gasteiger charge is 1.96. The molecule has 0 N–H and O–H groups in total. The van der Waals surface area contributed by atoms with Gasteiger partial charge in [0, 0.05) is 0 Å². The number of aryl methyl sites for hydroxylation is 1. The third-order valence-electron chi connectivity index (χ3n) is 2.94. The van der Waals surface area contributed by atoms with Crippen LogP contribution in [0.4, 0.5) is 0 Å². The number of nitrogens with zero attached hydrogens (tertiary/aromatic N) is 1. The fraction of sp³-hybridized carbons (Fsp3) is 0.235. The first-order valence-electron chi connectivity index (χ1n) is 6.62. The van der Waals surface area contributed by atoms with E-state index in [1.807, 2.05) is 43.3 Å². The zero-order valence-corrected chi connectivity index (χ0v) is 11.3. The maximum absolute atomic E-state index is 5.36. The number of benzene rings is 2. The quantitative estimate of drug-likeness (QED) is 0.432. The van der Waals surface area contributed by atoms with Crippen LogP contribution in [0, 0.1) is 0 Å². The van der Waals surface area contributed by atoms with Crippen LogP contribution in [0.5, 0.6) is 0 Å². The third-order valence-corrected chi connectivity index (χ3v) is 2.94.